The number of thiol groups is 1. The Morgan fingerprint density at radius 1 is 1.58 bits per heavy atom. The van der Waals surface area contributed by atoms with Crippen molar-refractivity contribution in [3.8, 4) is 0 Å². The van der Waals surface area contributed by atoms with Crippen LogP contribution in [-0.4, -0.2) is 12.5 Å². The maximum atomic E-state index is 10.8. The highest BCUT2D eigenvalue weighted by Crippen LogP contribution is 2.12. The largest absolute Gasteiger partial charge is 0.325 e. The van der Waals surface area contributed by atoms with Crippen LogP contribution in [0.1, 0.15) is 0 Å². The summed E-state index contributed by atoms with van der Waals surface area (Å²) in [5.74, 6) is -0.200. The van der Waals surface area contributed by atoms with Crippen molar-refractivity contribution in [1.29, 1.82) is 0 Å². The molecule has 0 heterocycles. The summed E-state index contributed by atoms with van der Waals surface area (Å²) in [4.78, 5) is 11.6. The summed E-state index contributed by atoms with van der Waals surface area (Å²) in [6.45, 7) is -0.00318. The predicted octanol–water partition coefficient (Wildman–Crippen LogP) is 0.872. The van der Waals surface area contributed by atoms with Gasteiger partial charge in [0.05, 0.1) is 6.54 Å². The van der Waals surface area contributed by atoms with Gasteiger partial charge in [-0.3, -0.25) is 4.79 Å². The number of nitrogens with two attached hydrogens (primary N) is 1. The van der Waals surface area contributed by atoms with E-state index in [1.807, 2.05) is 12.1 Å². The Morgan fingerprint density at radius 3 is 2.92 bits per heavy atom. The van der Waals surface area contributed by atoms with Crippen LogP contribution >= 0.6 is 12.6 Å². The van der Waals surface area contributed by atoms with Gasteiger partial charge in [0, 0.05) is 10.6 Å². The molecule has 0 bridgehead atoms. The number of carbonyl (C=O) groups is 1. The van der Waals surface area contributed by atoms with Crippen molar-refractivity contribution in [2.24, 2.45) is 5.73 Å². The van der Waals surface area contributed by atoms with Crippen LogP contribution in [0.3, 0.4) is 0 Å². The van der Waals surface area contributed by atoms with Crippen molar-refractivity contribution in [2.45, 2.75) is 4.90 Å². The van der Waals surface area contributed by atoms with Gasteiger partial charge in [-0.2, -0.15) is 0 Å². The number of rotatable bonds is 2. The van der Waals surface area contributed by atoms with E-state index in [1.165, 1.54) is 0 Å². The zero-order valence-corrected chi connectivity index (χ0v) is 7.34. The van der Waals surface area contributed by atoms with Gasteiger partial charge in [0.15, 0.2) is 0 Å². The Bertz CT molecular complexity index is 288. The van der Waals surface area contributed by atoms with Gasteiger partial charge in [0.1, 0.15) is 0 Å². The summed E-state index contributed by atoms with van der Waals surface area (Å²) >= 11 is 4.12. The van der Waals surface area contributed by atoms with E-state index in [9.17, 15) is 4.79 Å². The Balaban J connectivity index is 2.69. The van der Waals surface area contributed by atoms with E-state index < -0.39 is 0 Å². The van der Waals surface area contributed by atoms with E-state index in [0.29, 0.717) is 0 Å². The minimum absolute atomic E-state index is 0.00318. The lowest BCUT2D eigenvalue weighted by Gasteiger charge is -2.02. The minimum Gasteiger partial charge on any atom is -0.325 e. The number of nitrogens with one attached hydrogen (secondary N) is 1. The Kier molecular flexibility index (Phi) is 3.13. The van der Waals surface area contributed by atoms with Crippen LogP contribution in [0.15, 0.2) is 29.2 Å². The molecule has 0 aliphatic carbocycles. The van der Waals surface area contributed by atoms with E-state index in [2.05, 4.69) is 17.9 Å². The lowest BCUT2D eigenvalue weighted by Crippen LogP contribution is -2.21. The molecule has 1 aromatic rings. The molecule has 3 nitrogen and oxygen atoms in total. The summed E-state index contributed by atoms with van der Waals surface area (Å²) < 4.78 is 0. The van der Waals surface area contributed by atoms with Crippen molar-refractivity contribution in [1.82, 2.24) is 0 Å². The minimum atomic E-state index is -0.200. The highest BCUT2D eigenvalue weighted by atomic mass is 32.1. The van der Waals surface area contributed by atoms with E-state index in [-0.39, 0.29) is 12.5 Å². The molecule has 0 aromatic heterocycles. The monoisotopic (exact) mass is 182 g/mol. The molecule has 0 aliphatic rings. The maximum absolute atomic E-state index is 10.8. The van der Waals surface area contributed by atoms with Crippen molar-refractivity contribution >= 4 is 24.2 Å². The molecule has 1 aromatic carbocycles. The molecular weight excluding hydrogens is 172 g/mol. The summed E-state index contributed by atoms with van der Waals surface area (Å²) in [7, 11) is 0. The second-order valence-corrected chi connectivity index (χ2v) is 2.82. The van der Waals surface area contributed by atoms with Gasteiger partial charge in [-0.25, -0.2) is 0 Å². The molecule has 0 unspecified atom stereocenters. The number of hydrogen-bond donors (Lipinski definition) is 3. The van der Waals surface area contributed by atoms with Crippen LogP contribution in [0.2, 0.25) is 0 Å². The first-order valence-corrected chi connectivity index (χ1v) is 3.96. The van der Waals surface area contributed by atoms with Crippen LogP contribution in [0.5, 0.6) is 0 Å². The molecule has 0 saturated carbocycles. The molecule has 4 heteroatoms. The lowest BCUT2D eigenvalue weighted by atomic mass is 10.3. The molecule has 1 amide bonds. The molecule has 12 heavy (non-hydrogen) atoms. The summed E-state index contributed by atoms with van der Waals surface area (Å²) in [6.07, 6.45) is 0. The average molecular weight is 182 g/mol. The number of carbonyl (C=O) groups excluding carboxylic acids is 1. The normalized spacial score (nSPS) is 9.50. The molecule has 0 fully saturated rings. The SMILES string of the molecule is NCC(=O)Nc1cccc(S)c1. The fourth-order valence-electron chi connectivity index (χ4n) is 0.796. The Hall–Kier alpha value is -1.00. The molecule has 0 atom stereocenters. The maximum Gasteiger partial charge on any atom is 0.238 e. The fourth-order valence-corrected chi connectivity index (χ4v) is 1.02. The molecule has 0 saturated heterocycles. The quantitative estimate of drug-likeness (QED) is 0.594. The van der Waals surface area contributed by atoms with Crippen molar-refractivity contribution in [2.75, 3.05) is 11.9 Å². The van der Waals surface area contributed by atoms with Gasteiger partial charge >= 0.3 is 0 Å². The first-order chi connectivity index (χ1) is 5.72. The van der Waals surface area contributed by atoms with Gasteiger partial charge in [-0.15, -0.1) is 12.6 Å². The molecule has 1 rings (SSSR count). The summed E-state index contributed by atoms with van der Waals surface area (Å²) in [5.41, 5.74) is 5.85. The van der Waals surface area contributed by atoms with Gasteiger partial charge in [0.25, 0.3) is 0 Å². The van der Waals surface area contributed by atoms with E-state index in [4.69, 9.17) is 5.73 Å². The van der Waals surface area contributed by atoms with Crippen molar-refractivity contribution in [3.05, 3.63) is 24.3 Å². The standard InChI is InChI=1S/C8H10N2OS/c9-5-8(11)10-6-2-1-3-7(12)4-6/h1-4,12H,5,9H2,(H,10,11). The third-order valence-electron chi connectivity index (χ3n) is 1.32. The number of anilines is 1. The molecule has 0 radical (unpaired) electrons. The third kappa shape index (κ3) is 2.56. The zero-order chi connectivity index (χ0) is 8.97. The molecule has 64 valence electrons. The van der Waals surface area contributed by atoms with E-state index >= 15 is 0 Å². The summed E-state index contributed by atoms with van der Waals surface area (Å²) in [6, 6.07) is 7.19. The fraction of sp³-hybridized carbons (Fsp3) is 0.125. The topological polar surface area (TPSA) is 55.1 Å². The van der Waals surface area contributed by atoms with Crippen molar-refractivity contribution in [3.63, 3.8) is 0 Å². The summed E-state index contributed by atoms with van der Waals surface area (Å²) in [5, 5.41) is 2.62. The molecule has 3 N–H and O–H groups in total. The van der Waals surface area contributed by atoms with Crippen molar-refractivity contribution < 1.29 is 4.79 Å². The number of benzene rings is 1. The predicted molar refractivity (Wildman–Crippen MR) is 51.4 cm³/mol. The number of amides is 1. The Morgan fingerprint density at radius 2 is 2.33 bits per heavy atom. The smallest absolute Gasteiger partial charge is 0.238 e. The van der Waals surface area contributed by atoms with Crippen LogP contribution in [-0.2, 0) is 4.79 Å². The second kappa shape index (κ2) is 4.13. The van der Waals surface area contributed by atoms with Gasteiger partial charge in [-0.1, -0.05) is 6.07 Å². The highest BCUT2D eigenvalue weighted by molar-refractivity contribution is 7.80. The van der Waals surface area contributed by atoms with E-state index in [0.717, 1.165) is 10.6 Å². The molecular formula is C8H10N2OS. The van der Waals surface area contributed by atoms with Crippen LogP contribution in [0.25, 0.3) is 0 Å². The van der Waals surface area contributed by atoms with Gasteiger partial charge < -0.3 is 11.1 Å². The molecule has 0 spiro atoms. The molecule has 0 aliphatic heterocycles. The average Bonchev–Trinajstić information content (AvgIpc) is 2.04. The van der Waals surface area contributed by atoms with Gasteiger partial charge in [0.2, 0.25) is 5.91 Å². The van der Waals surface area contributed by atoms with E-state index in [1.54, 1.807) is 12.1 Å². The van der Waals surface area contributed by atoms with Crippen LogP contribution in [0, 0.1) is 0 Å². The van der Waals surface area contributed by atoms with Crippen LogP contribution in [0.4, 0.5) is 5.69 Å². The zero-order valence-electron chi connectivity index (χ0n) is 6.45. The number of hydrogen-bond acceptors (Lipinski definition) is 3. The first-order valence-electron chi connectivity index (χ1n) is 3.51. The first kappa shape index (κ1) is 9.09. The third-order valence-corrected chi connectivity index (χ3v) is 1.59. The Labute approximate surface area is 76.4 Å². The second-order valence-electron chi connectivity index (χ2n) is 2.30. The highest BCUT2D eigenvalue weighted by Gasteiger charge is 1.97. The van der Waals surface area contributed by atoms with Crippen LogP contribution < -0.4 is 11.1 Å². The van der Waals surface area contributed by atoms with Gasteiger partial charge in [-0.05, 0) is 18.2 Å². The lowest BCUT2D eigenvalue weighted by molar-refractivity contribution is -0.114.